The van der Waals surface area contributed by atoms with Crippen molar-refractivity contribution in [2.75, 3.05) is 38.6 Å². The minimum atomic E-state index is -1.11. The number of fused-ring (bicyclic) bond motifs is 1. The molecule has 0 aromatic heterocycles. The Bertz CT molecular complexity index is 1460. The molecule has 5 N–H and O–H groups in total. The predicted octanol–water partition coefficient (Wildman–Crippen LogP) is 3.58. The molecule has 0 radical (unpaired) electrons. The number of ether oxygens (including phenoxy) is 4. The third-order valence-corrected chi connectivity index (χ3v) is 6.57. The van der Waals surface area contributed by atoms with E-state index < -0.39 is 30.6 Å². The number of ketones is 1. The van der Waals surface area contributed by atoms with Crippen molar-refractivity contribution in [3.63, 3.8) is 0 Å². The second-order valence-electron chi connectivity index (χ2n) is 8.80. The second kappa shape index (κ2) is 12.2. The molecule has 40 heavy (non-hydrogen) atoms. The summed E-state index contributed by atoms with van der Waals surface area (Å²) in [5, 5.41) is 14.5. The predicted molar refractivity (Wildman–Crippen MR) is 148 cm³/mol. The van der Waals surface area contributed by atoms with Crippen molar-refractivity contribution < 1.29 is 38.4 Å². The van der Waals surface area contributed by atoms with Crippen LogP contribution >= 0.6 is 11.6 Å². The highest BCUT2D eigenvalue weighted by Gasteiger charge is 2.34. The average Bonchev–Trinajstić information content (AvgIpc) is 2.96. The molecule has 0 fully saturated rings. The molecule has 210 valence electrons. The van der Waals surface area contributed by atoms with Gasteiger partial charge in [-0.05, 0) is 35.9 Å². The summed E-state index contributed by atoms with van der Waals surface area (Å²) in [6.45, 7) is -0.528. The number of anilines is 2. The van der Waals surface area contributed by atoms with E-state index in [1.807, 2.05) is 0 Å². The van der Waals surface area contributed by atoms with Gasteiger partial charge >= 0.3 is 0 Å². The van der Waals surface area contributed by atoms with E-state index in [0.29, 0.717) is 22.7 Å². The number of rotatable bonds is 9. The van der Waals surface area contributed by atoms with E-state index in [1.165, 1.54) is 39.5 Å². The molecule has 0 saturated carbocycles. The van der Waals surface area contributed by atoms with Gasteiger partial charge in [-0.2, -0.15) is 0 Å². The number of halogens is 1. The third-order valence-electron chi connectivity index (χ3n) is 6.24. The Morgan fingerprint density at radius 1 is 1.05 bits per heavy atom. The summed E-state index contributed by atoms with van der Waals surface area (Å²) >= 11 is 6.25. The van der Waals surface area contributed by atoms with E-state index in [2.05, 4.69) is 10.6 Å². The lowest BCUT2D eigenvalue weighted by Crippen LogP contribution is -2.38. The van der Waals surface area contributed by atoms with Crippen LogP contribution in [0.3, 0.4) is 0 Å². The normalized spacial score (nSPS) is 14.8. The molecule has 3 aromatic rings. The molecule has 3 aromatic carbocycles. The van der Waals surface area contributed by atoms with Crippen molar-refractivity contribution in [1.82, 2.24) is 0 Å². The lowest BCUT2D eigenvalue weighted by atomic mass is 9.94. The van der Waals surface area contributed by atoms with Gasteiger partial charge in [-0.25, -0.2) is 0 Å². The molecule has 0 bridgehead atoms. The van der Waals surface area contributed by atoms with Crippen LogP contribution in [0.1, 0.15) is 38.8 Å². The van der Waals surface area contributed by atoms with E-state index in [1.54, 1.807) is 30.3 Å². The quantitative estimate of drug-likeness (QED) is 0.302. The standard InChI is InChI=1S/C28H28ClN3O8/c1-37-23-12-22-24(26(39-3)25(23)38-2)20(34)11-21(40-22)14-5-4-6-15(9-14)31-27(35)17-10-16(7-8-18(17)29)32-28(36)19(30)13-33/h4-10,12,19,21,33H,11,13,30H2,1-3H3,(H,31,35)(H,32,36)/t19-,21?/m0/s1. The highest BCUT2D eigenvalue weighted by atomic mass is 35.5. The number of hydrogen-bond donors (Lipinski definition) is 4. The lowest BCUT2D eigenvalue weighted by Gasteiger charge is -2.28. The molecule has 12 heteroatoms. The van der Waals surface area contributed by atoms with Crippen LogP contribution < -0.4 is 35.3 Å². The molecule has 0 saturated heterocycles. The van der Waals surface area contributed by atoms with Crippen LogP contribution in [-0.4, -0.2) is 56.7 Å². The number of carbonyl (C=O) groups is 3. The molecule has 4 rings (SSSR count). The lowest BCUT2D eigenvalue weighted by molar-refractivity contribution is -0.118. The first kappa shape index (κ1) is 28.7. The first-order valence-electron chi connectivity index (χ1n) is 12.1. The van der Waals surface area contributed by atoms with Crippen molar-refractivity contribution in [2.24, 2.45) is 5.73 Å². The van der Waals surface area contributed by atoms with Gasteiger partial charge < -0.3 is 40.4 Å². The summed E-state index contributed by atoms with van der Waals surface area (Å²) < 4.78 is 22.4. The minimum absolute atomic E-state index is 0.0276. The van der Waals surface area contributed by atoms with Gasteiger partial charge in [0.2, 0.25) is 11.7 Å². The SMILES string of the molecule is COc1cc2c(c(OC)c1OC)C(=O)CC(c1cccc(NC(=O)c3cc(NC(=O)[C@@H](N)CO)ccc3Cl)c1)O2. The molecule has 11 nitrogen and oxygen atoms in total. The van der Waals surface area contributed by atoms with E-state index in [0.717, 1.165) is 0 Å². The van der Waals surface area contributed by atoms with E-state index in [4.69, 9.17) is 41.4 Å². The van der Waals surface area contributed by atoms with Gasteiger partial charge in [0.15, 0.2) is 17.3 Å². The fraction of sp³-hybridized carbons (Fsp3) is 0.250. The van der Waals surface area contributed by atoms with Gasteiger partial charge in [0.1, 0.15) is 23.5 Å². The third kappa shape index (κ3) is 5.81. The maximum absolute atomic E-state index is 13.2. The Kier molecular flexibility index (Phi) is 8.78. The highest BCUT2D eigenvalue weighted by Crippen LogP contribution is 2.49. The molecule has 2 amide bonds. The monoisotopic (exact) mass is 569 g/mol. The first-order chi connectivity index (χ1) is 19.2. The number of aliphatic hydroxyl groups excluding tert-OH is 1. The molecule has 0 aliphatic carbocycles. The summed E-state index contributed by atoms with van der Waals surface area (Å²) in [6, 6.07) is 11.7. The number of nitrogens with two attached hydrogens (primary N) is 1. The molecule has 0 spiro atoms. The number of benzene rings is 3. The Morgan fingerprint density at radius 2 is 1.77 bits per heavy atom. The summed E-state index contributed by atoms with van der Waals surface area (Å²) in [5.41, 5.74) is 7.27. The molecule has 1 aliphatic rings. The largest absolute Gasteiger partial charge is 0.493 e. The molecule has 1 aliphatic heterocycles. The number of aliphatic hydroxyl groups is 1. The topological polar surface area (TPSA) is 158 Å². The molecule has 1 unspecified atom stereocenters. The smallest absolute Gasteiger partial charge is 0.257 e. The highest BCUT2D eigenvalue weighted by molar-refractivity contribution is 6.34. The molecule has 1 heterocycles. The molecular formula is C28H28ClN3O8. The number of carbonyl (C=O) groups excluding carboxylic acids is 3. The van der Waals surface area contributed by atoms with Crippen molar-refractivity contribution in [3.8, 4) is 23.0 Å². The van der Waals surface area contributed by atoms with Crippen molar-refractivity contribution in [1.29, 1.82) is 0 Å². The van der Waals surface area contributed by atoms with Gasteiger partial charge in [0.05, 0.1) is 44.9 Å². The van der Waals surface area contributed by atoms with Crippen LogP contribution in [0.4, 0.5) is 11.4 Å². The van der Waals surface area contributed by atoms with Crippen LogP contribution in [-0.2, 0) is 4.79 Å². The number of methoxy groups -OCH3 is 3. The second-order valence-corrected chi connectivity index (χ2v) is 9.21. The van der Waals surface area contributed by atoms with Crippen LogP contribution in [0.2, 0.25) is 5.02 Å². The summed E-state index contributed by atoms with van der Waals surface area (Å²) in [7, 11) is 4.36. The van der Waals surface area contributed by atoms with Crippen LogP contribution in [0.15, 0.2) is 48.5 Å². The number of amides is 2. The number of nitrogens with one attached hydrogen (secondary N) is 2. The maximum Gasteiger partial charge on any atom is 0.257 e. The molecular weight excluding hydrogens is 542 g/mol. The Hall–Kier alpha value is -4.32. The van der Waals surface area contributed by atoms with Crippen molar-refractivity contribution in [3.05, 3.63) is 70.2 Å². The number of hydrogen-bond acceptors (Lipinski definition) is 9. The summed E-state index contributed by atoms with van der Waals surface area (Å²) in [5.74, 6) is -0.182. The van der Waals surface area contributed by atoms with Crippen molar-refractivity contribution >= 4 is 40.6 Å². The minimum Gasteiger partial charge on any atom is -0.493 e. The summed E-state index contributed by atoms with van der Waals surface area (Å²) in [6.07, 6.45) is -0.614. The number of Topliss-reactive ketones (excluding diaryl/α,β-unsaturated/α-hetero) is 1. The van der Waals surface area contributed by atoms with E-state index >= 15 is 0 Å². The molecule has 2 atom stereocenters. The van der Waals surface area contributed by atoms with Gasteiger partial charge in [0.25, 0.3) is 5.91 Å². The zero-order valence-corrected chi connectivity index (χ0v) is 22.7. The fourth-order valence-electron chi connectivity index (χ4n) is 4.25. The van der Waals surface area contributed by atoms with Gasteiger partial charge in [-0.3, -0.25) is 14.4 Å². The van der Waals surface area contributed by atoms with Gasteiger partial charge in [-0.1, -0.05) is 23.7 Å². The Morgan fingerprint density at radius 3 is 2.45 bits per heavy atom. The van der Waals surface area contributed by atoms with Crippen molar-refractivity contribution in [2.45, 2.75) is 18.6 Å². The van der Waals surface area contributed by atoms with Crippen LogP contribution in [0, 0.1) is 0 Å². The van der Waals surface area contributed by atoms with Crippen LogP contribution in [0.25, 0.3) is 0 Å². The van der Waals surface area contributed by atoms with E-state index in [9.17, 15) is 14.4 Å². The Labute approximate surface area is 235 Å². The first-order valence-corrected chi connectivity index (χ1v) is 12.5. The average molecular weight is 570 g/mol. The Balaban J connectivity index is 1.56. The van der Waals surface area contributed by atoms with Gasteiger partial charge in [-0.15, -0.1) is 0 Å². The van der Waals surface area contributed by atoms with E-state index in [-0.39, 0.29) is 45.5 Å². The maximum atomic E-state index is 13.2. The summed E-state index contributed by atoms with van der Waals surface area (Å²) in [4.78, 5) is 38.3. The fourth-order valence-corrected chi connectivity index (χ4v) is 4.46. The van der Waals surface area contributed by atoms with Gasteiger partial charge in [0, 0.05) is 17.4 Å². The zero-order valence-electron chi connectivity index (χ0n) is 21.9. The van der Waals surface area contributed by atoms with Crippen LogP contribution in [0.5, 0.6) is 23.0 Å². The zero-order chi connectivity index (χ0) is 29.0.